The topological polar surface area (TPSA) is 0 Å². The first-order valence-corrected chi connectivity index (χ1v) is 12.9. The maximum absolute atomic E-state index is 3.76. The highest BCUT2D eigenvalue weighted by Gasteiger charge is 2.42. The first-order chi connectivity index (χ1) is 4.14. The molecule has 0 spiro atoms. The van der Waals surface area contributed by atoms with Crippen molar-refractivity contribution in [3.05, 3.63) is 0 Å². The van der Waals surface area contributed by atoms with Crippen molar-refractivity contribution in [2.45, 2.75) is 30.7 Å². The van der Waals surface area contributed by atoms with Crippen LogP contribution in [0, 0.1) is 0 Å². The number of hydrogen-bond donors (Lipinski definition) is 0. The minimum Gasteiger partial charge on any atom is -0.112 e. The lowest BCUT2D eigenvalue weighted by molar-refractivity contribution is 1.05. The van der Waals surface area contributed by atoms with Crippen molar-refractivity contribution < 1.29 is 0 Å². The second-order valence-electron chi connectivity index (χ2n) is 2.92. The second-order valence-corrected chi connectivity index (χ2v) is 22.5. The molecule has 0 saturated carbocycles. The van der Waals surface area contributed by atoms with Gasteiger partial charge in [-0.1, -0.05) is 19.4 Å². The third-order valence-corrected chi connectivity index (χ3v) is 24.3. The lowest BCUT2D eigenvalue weighted by Gasteiger charge is -2.35. The van der Waals surface area contributed by atoms with Gasteiger partial charge in [0.15, 0.2) is 5.31 Å². The fourth-order valence-corrected chi connectivity index (χ4v) is 26.6. The van der Waals surface area contributed by atoms with Gasteiger partial charge >= 0.3 is 0 Å². The summed E-state index contributed by atoms with van der Waals surface area (Å²) in [5.74, 6) is 0. The van der Waals surface area contributed by atoms with Crippen LogP contribution in [0.15, 0.2) is 0 Å². The molecule has 0 aromatic carbocycles. The van der Waals surface area contributed by atoms with Crippen LogP contribution in [0.25, 0.3) is 0 Å². The van der Waals surface area contributed by atoms with E-state index in [-0.39, 0.29) is 8.80 Å². The molecule has 1 aliphatic rings. The van der Waals surface area contributed by atoms with E-state index in [1.165, 1.54) is 6.42 Å². The quantitative estimate of drug-likeness (QED) is 0.541. The maximum Gasteiger partial charge on any atom is 0.195 e. The SMILES string of the molecule is CCC[SiH]1C[Si](Br)(Br)C1. The predicted molar refractivity (Wildman–Crippen MR) is 55.5 cm³/mol. The molecule has 1 rings (SSSR count). The highest BCUT2D eigenvalue weighted by Crippen LogP contribution is 2.43. The van der Waals surface area contributed by atoms with Crippen LogP contribution >= 0.6 is 30.6 Å². The fourth-order valence-electron chi connectivity index (χ4n) is 1.40. The van der Waals surface area contributed by atoms with Gasteiger partial charge in [0, 0.05) is 8.80 Å². The lowest BCUT2D eigenvalue weighted by Crippen LogP contribution is -2.43. The van der Waals surface area contributed by atoms with E-state index in [4.69, 9.17) is 0 Å². The Labute approximate surface area is 75.2 Å². The zero-order valence-corrected chi connectivity index (χ0v) is 11.0. The summed E-state index contributed by atoms with van der Waals surface area (Å²) in [5, 5.41) is -0.864. The molecule has 0 radical (unpaired) electrons. The Hall–Kier alpha value is 1.39. The predicted octanol–water partition coefficient (Wildman–Crippen LogP) is 2.95. The lowest BCUT2D eigenvalue weighted by atomic mass is 10.6. The third kappa shape index (κ3) is 2.48. The zero-order chi connectivity index (χ0) is 6.91. The number of halogens is 2. The third-order valence-electron chi connectivity index (χ3n) is 1.87. The summed E-state index contributed by atoms with van der Waals surface area (Å²) >= 11 is 7.53. The molecule has 0 nitrogen and oxygen atoms in total. The molecule has 0 amide bonds. The summed E-state index contributed by atoms with van der Waals surface area (Å²) in [4.78, 5) is 0. The molecule has 0 bridgehead atoms. The van der Waals surface area contributed by atoms with Crippen molar-refractivity contribution in [2.24, 2.45) is 0 Å². The molecule has 1 heterocycles. The Morgan fingerprint density at radius 1 is 1.44 bits per heavy atom. The Balaban J connectivity index is 2.12. The first-order valence-electron chi connectivity index (χ1n) is 3.52. The highest BCUT2D eigenvalue weighted by molar-refractivity contribution is 9.51. The van der Waals surface area contributed by atoms with Crippen LogP contribution in [0.3, 0.4) is 0 Å². The van der Waals surface area contributed by atoms with Crippen LogP contribution < -0.4 is 0 Å². The minimum atomic E-state index is -0.864. The molecule has 1 fully saturated rings. The molecule has 0 N–H and O–H groups in total. The van der Waals surface area contributed by atoms with Crippen molar-refractivity contribution >= 4 is 44.7 Å². The largest absolute Gasteiger partial charge is 0.195 e. The summed E-state index contributed by atoms with van der Waals surface area (Å²) in [5.41, 5.74) is 3.17. The average Bonchev–Trinajstić information content (AvgIpc) is 1.62. The van der Waals surface area contributed by atoms with E-state index < -0.39 is 5.31 Å². The van der Waals surface area contributed by atoms with E-state index in [0.29, 0.717) is 0 Å². The smallest absolute Gasteiger partial charge is 0.112 e. The summed E-state index contributed by atoms with van der Waals surface area (Å²) in [7, 11) is -0.158. The molecule has 0 aromatic heterocycles. The van der Waals surface area contributed by atoms with Crippen LogP contribution in [-0.4, -0.2) is 14.1 Å². The maximum atomic E-state index is 3.76. The van der Waals surface area contributed by atoms with E-state index in [1.54, 1.807) is 17.4 Å². The summed E-state index contributed by atoms with van der Waals surface area (Å²) in [6, 6.07) is 1.58. The Kier molecular flexibility index (Phi) is 3.01. The van der Waals surface area contributed by atoms with Gasteiger partial charge in [0.25, 0.3) is 0 Å². The van der Waals surface area contributed by atoms with Gasteiger partial charge in [-0.05, 0) is 11.3 Å². The van der Waals surface area contributed by atoms with E-state index in [1.807, 2.05) is 0 Å². The Morgan fingerprint density at radius 2 is 2.00 bits per heavy atom. The standard InChI is InChI=1S/C5H12Br2Si2/c1-2-3-8-4-9(6,7)5-8/h8H,2-5H2,1H3. The molecule has 0 atom stereocenters. The van der Waals surface area contributed by atoms with Crippen molar-refractivity contribution in [3.63, 3.8) is 0 Å². The molecule has 0 aliphatic carbocycles. The van der Waals surface area contributed by atoms with Crippen LogP contribution in [0.5, 0.6) is 0 Å². The Bertz CT molecular complexity index is 97.1. The number of rotatable bonds is 2. The fraction of sp³-hybridized carbons (Fsp3) is 1.00. The Morgan fingerprint density at radius 3 is 2.33 bits per heavy atom. The van der Waals surface area contributed by atoms with Crippen LogP contribution in [0.2, 0.25) is 17.4 Å². The van der Waals surface area contributed by atoms with Gasteiger partial charge in [0.2, 0.25) is 0 Å². The van der Waals surface area contributed by atoms with Crippen molar-refractivity contribution in [2.75, 3.05) is 0 Å². The molecule has 4 heteroatoms. The molecule has 0 aromatic rings. The van der Waals surface area contributed by atoms with E-state index >= 15 is 0 Å². The van der Waals surface area contributed by atoms with Crippen LogP contribution in [-0.2, 0) is 0 Å². The van der Waals surface area contributed by atoms with Crippen molar-refractivity contribution in [1.82, 2.24) is 0 Å². The van der Waals surface area contributed by atoms with Gasteiger partial charge in [0.05, 0.1) is 0 Å². The molecule has 1 aliphatic heterocycles. The van der Waals surface area contributed by atoms with Gasteiger partial charge in [0.1, 0.15) is 0 Å². The van der Waals surface area contributed by atoms with E-state index in [2.05, 4.69) is 37.5 Å². The zero-order valence-electron chi connectivity index (χ0n) is 5.66. The van der Waals surface area contributed by atoms with Gasteiger partial charge < -0.3 is 0 Å². The molecular formula is C5H12Br2Si2. The summed E-state index contributed by atoms with van der Waals surface area (Å²) < 4.78 is 0. The van der Waals surface area contributed by atoms with Crippen molar-refractivity contribution in [1.29, 1.82) is 0 Å². The molecule has 9 heavy (non-hydrogen) atoms. The van der Waals surface area contributed by atoms with Gasteiger partial charge in [-0.2, -0.15) is 0 Å². The average molecular weight is 288 g/mol. The van der Waals surface area contributed by atoms with Gasteiger partial charge in [-0.3, -0.25) is 0 Å². The van der Waals surface area contributed by atoms with E-state index in [0.717, 1.165) is 0 Å². The van der Waals surface area contributed by atoms with Gasteiger partial charge in [-0.25, -0.2) is 0 Å². The summed E-state index contributed by atoms with van der Waals surface area (Å²) in [6.45, 7) is 2.30. The second kappa shape index (κ2) is 3.19. The van der Waals surface area contributed by atoms with Crippen LogP contribution in [0.4, 0.5) is 0 Å². The summed E-state index contributed by atoms with van der Waals surface area (Å²) in [6.07, 6.45) is 1.42. The molecular weight excluding hydrogens is 276 g/mol. The van der Waals surface area contributed by atoms with Crippen molar-refractivity contribution in [3.8, 4) is 0 Å². The monoisotopic (exact) mass is 286 g/mol. The molecule has 1 saturated heterocycles. The van der Waals surface area contributed by atoms with Gasteiger partial charge in [-0.15, -0.1) is 30.6 Å². The van der Waals surface area contributed by atoms with E-state index in [9.17, 15) is 0 Å². The van der Waals surface area contributed by atoms with Crippen LogP contribution in [0.1, 0.15) is 13.3 Å². The first kappa shape index (κ1) is 8.49. The number of hydrogen-bond acceptors (Lipinski definition) is 0. The highest BCUT2D eigenvalue weighted by atomic mass is 79.9. The molecule has 0 unspecified atom stereocenters. The minimum absolute atomic E-state index is 0.158. The molecule has 54 valence electrons. The normalized spacial score (nSPS) is 25.7.